The zero-order valence-corrected chi connectivity index (χ0v) is 16.5. The van der Waals surface area contributed by atoms with Gasteiger partial charge in [0.25, 0.3) is 0 Å². The lowest BCUT2D eigenvalue weighted by Gasteiger charge is -2.11. The van der Waals surface area contributed by atoms with Crippen molar-refractivity contribution in [1.82, 2.24) is 20.6 Å². The van der Waals surface area contributed by atoms with E-state index in [1.165, 1.54) is 30.8 Å². The van der Waals surface area contributed by atoms with Crippen molar-refractivity contribution < 1.29 is 9.47 Å². The fourth-order valence-corrected chi connectivity index (χ4v) is 3.11. The Bertz CT molecular complexity index is 867. The molecule has 1 aliphatic heterocycles. The summed E-state index contributed by atoms with van der Waals surface area (Å²) in [5.74, 6) is 1.95. The predicted molar refractivity (Wildman–Crippen MR) is 113 cm³/mol. The Hall–Kier alpha value is -2.81. The lowest BCUT2D eigenvalue weighted by Crippen LogP contribution is -2.37. The number of pyridine rings is 1. The number of rotatable bonds is 5. The smallest absolute Gasteiger partial charge is 0.228 e. The Morgan fingerprint density at radius 2 is 1.86 bits per heavy atom. The third kappa shape index (κ3) is 5.59. The van der Waals surface area contributed by atoms with E-state index in [0.717, 1.165) is 23.7 Å². The molecule has 1 fully saturated rings. The predicted octanol–water partition coefficient (Wildman–Crippen LogP) is 3.86. The van der Waals surface area contributed by atoms with Gasteiger partial charge < -0.3 is 20.1 Å². The van der Waals surface area contributed by atoms with E-state index in [4.69, 9.17) is 9.47 Å². The molecular weight excluding hydrogens is 374 g/mol. The van der Waals surface area contributed by atoms with Crippen LogP contribution in [0.4, 0.5) is 5.13 Å². The summed E-state index contributed by atoms with van der Waals surface area (Å²) >= 11 is 1.42. The summed E-state index contributed by atoms with van der Waals surface area (Å²) in [6, 6.07) is 11.1. The third-order valence-electron chi connectivity index (χ3n) is 3.91. The van der Waals surface area contributed by atoms with Crippen molar-refractivity contribution in [3.63, 3.8) is 0 Å². The highest BCUT2D eigenvalue weighted by molar-refractivity contribution is 7.13. The second kappa shape index (κ2) is 10.5. The fourth-order valence-electron chi connectivity index (χ4n) is 2.49. The van der Waals surface area contributed by atoms with Crippen LogP contribution in [0, 0.1) is 0 Å². The highest BCUT2D eigenvalue weighted by atomic mass is 32.1. The number of methoxy groups -OCH3 is 1. The molecule has 0 unspecified atom stereocenters. The Morgan fingerprint density at radius 1 is 1.11 bits per heavy atom. The average molecular weight is 398 g/mol. The standard InChI is InChI=1S/C16H13N3O2S.C4H10N2/c1-17-16-19-14(10-22-16)13-4-3-9-18-15(13)21-12-7-5-11(20-2)6-8-12;1-2-5-4-6-3-1/h3-10H,1H2,2H3;5-6H,1-4H2. The van der Waals surface area contributed by atoms with E-state index in [0.29, 0.717) is 16.8 Å². The molecule has 7 nitrogen and oxygen atoms in total. The van der Waals surface area contributed by atoms with Gasteiger partial charge in [-0.2, -0.15) is 0 Å². The minimum atomic E-state index is 0.494. The molecule has 3 heterocycles. The number of hydrogen-bond donors (Lipinski definition) is 2. The van der Waals surface area contributed by atoms with Crippen LogP contribution in [0.1, 0.15) is 6.42 Å². The van der Waals surface area contributed by atoms with Gasteiger partial charge in [-0.3, -0.25) is 0 Å². The van der Waals surface area contributed by atoms with Crippen LogP contribution in [-0.2, 0) is 0 Å². The van der Waals surface area contributed by atoms with Crippen molar-refractivity contribution >= 4 is 23.2 Å². The molecule has 1 aromatic carbocycles. The van der Waals surface area contributed by atoms with Gasteiger partial charge >= 0.3 is 0 Å². The van der Waals surface area contributed by atoms with Gasteiger partial charge in [-0.25, -0.2) is 15.0 Å². The van der Waals surface area contributed by atoms with E-state index in [2.05, 4.69) is 32.3 Å². The topological polar surface area (TPSA) is 80.7 Å². The summed E-state index contributed by atoms with van der Waals surface area (Å²) < 4.78 is 11.0. The molecule has 2 N–H and O–H groups in total. The van der Waals surface area contributed by atoms with Gasteiger partial charge in [0.05, 0.1) is 18.4 Å². The molecule has 3 aromatic rings. The third-order valence-corrected chi connectivity index (χ3v) is 4.68. The van der Waals surface area contributed by atoms with Gasteiger partial charge in [-0.15, -0.1) is 11.3 Å². The molecule has 4 rings (SSSR count). The quantitative estimate of drug-likeness (QED) is 0.636. The van der Waals surface area contributed by atoms with Crippen LogP contribution >= 0.6 is 11.3 Å². The lowest BCUT2D eigenvalue weighted by atomic mass is 10.2. The molecule has 1 aliphatic rings. The van der Waals surface area contributed by atoms with E-state index in [1.54, 1.807) is 13.3 Å². The molecule has 146 valence electrons. The number of ether oxygens (including phenoxy) is 2. The molecule has 0 saturated carbocycles. The average Bonchev–Trinajstić information content (AvgIpc) is 3.25. The molecule has 1 saturated heterocycles. The van der Waals surface area contributed by atoms with Crippen molar-refractivity contribution in [1.29, 1.82) is 0 Å². The van der Waals surface area contributed by atoms with Gasteiger partial charge in [0.2, 0.25) is 11.0 Å². The summed E-state index contributed by atoms with van der Waals surface area (Å²) in [6.07, 6.45) is 2.96. The number of benzene rings is 1. The molecule has 0 aliphatic carbocycles. The summed E-state index contributed by atoms with van der Waals surface area (Å²) in [5.41, 5.74) is 1.58. The monoisotopic (exact) mass is 397 g/mol. The number of aliphatic imine (C=N–C) groups is 1. The highest BCUT2D eigenvalue weighted by Crippen LogP contribution is 2.34. The summed E-state index contributed by atoms with van der Waals surface area (Å²) in [4.78, 5) is 12.5. The van der Waals surface area contributed by atoms with Crippen LogP contribution in [0.2, 0.25) is 0 Å². The maximum Gasteiger partial charge on any atom is 0.228 e. The van der Waals surface area contributed by atoms with Crippen LogP contribution in [0.3, 0.4) is 0 Å². The Balaban J connectivity index is 0.000000320. The van der Waals surface area contributed by atoms with Gasteiger partial charge in [0, 0.05) is 18.2 Å². The van der Waals surface area contributed by atoms with E-state index in [9.17, 15) is 0 Å². The van der Waals surface area contributed by atoms with E-state index < -0.39 is 0 Å². The van der Waals surface area contributed by atoms with Crippen molar-refractivity contribution in [2.75, 3.05) is 26.9 Å². The zero-order valence-electron chi connectivity index (χ0n) is 15.7. The van der Waals surface area contributed by atoms with Gasteiger partial charge in [-0.05, 0) is 62.6 Å². The van der Waals surface area contributed by atoms with Crippen LogP contribution in [-0.4, -0.2) is 43.6 Å². The first-order chi connectivity index (χ1) is 13.8. The molecule has 2 aromatic heterocycles. The molecular formula is C20H23N5O2S. The van der Waals surface area contributed by atoms with E-state index in [1.807, 2.05) is 41.8 Å². The SMILES string of the molecule is C1CNCNC1.C=Nc1nc(-c2cccnc2Oc2ccc(OC)cc2)cs1. The maximum absolute atomic E-state index is 5.86. The molecule has 0 spiro atoms. The summed E-state index contributed by atoms with van der Waals surface area (Å²) in [5, 5.41) is 8.87. The molecule has 0 atom stereocenters. The molecule has 28 heavy (non-hydrogen) atoms. The first-order valence-electron chi connectivity index (χ1n) is 8.91. The Kier molecular flexibility index (Phi) is 7.48. The van der Waals surface area contributed by atoms with Crippen molar-refractivity contribution in [3.05, 3.63) is 48.0 Å². The highest BCUT2D eigenvalue weighted by Gasteiger charge is 2.12. The number of hydrogen-bond acceptors (Lipinski definition) is 8. The zero-order chi connectivity index (χ0) is 19.6. The second-order valence-electron chi connectivity index (χ2n) is 5.84. The van der Waals surface area contributed by atoms with Crippen LogP contribution < -0.4 is 20.1 Å². The van der Waals surface area contributed by atoms with Crippen LogP contribution in [0.5, 0.6) is 17.4 Å². The normalized spacial score (nSPS) is 13.2. The maximum atomic E-state index is 5.86. The minimum absolute atomic E-state index is 0.494. The molecule has 0 bridgehead atoms. The number of nitrogens with one attached hydrogen (secondary N) is 2. The van der Waals surface area contributed by atoms with Crippen molar-refractivity contribution in [3.8, 4) is 28.6 Å². The van der Waals surface area contributed by atoms with E-state index >= 15 is 0 Å². The first-order valence-corrected chi connectivity index (χ1v) is 9.79. The van der Waals surface area contributed by atoms with Gasteiger partial charge in [0.1, 0.15) is 11.5 Å². The molecule has 0 radical (unpaired) electrons. The molecule has 8 heteroatoms. The van der Waals surface area contributed by atoms with Gasteiger partial charge in [-0.1, -0.05) is 0 Å². The van der Waals surface area contributed by atoms with Crippen LogP contribution in [0.15, 0.2) is 53.0 Å². The van der Waals surface area contributed by atoms with Crippen molar-refractivity contribution in [2.24, 2.45) is 4.99 Å². The lowest BCUT2D eigenvalue weighted by molar-refractivity contribution is 0.412. The molecule has 0 amide bonds. The number of nitrogens with zero attached hydrogens (tertiary/aromatic N) is 3. The minimum Gasteiger partial charge on any atom is -0.497 e. The largest absolute Gasteiger partial charge is 0.497 e. The fraction of sp³-hybridized carbons (Fsp3) is 0.250. The van der Waals surface area contributed by atoms with Gasteiger partial charge in [0.15, 0.2) is 0 Å². The first kappa shape index (κ1) is 19.9. The Labute approximate surface area is 168 Å². The Morgan fingerprint density at radius 3 is 2.43 bits per heavy atom. The summed E-state index contributed by atoms with van der Waals surface area (Å²) in [7, 11) is 1.63. The summed E-state index contributed by atoms with van der Waals surface area (Å²) in [6.45, 7) is 6.86. The van der Waals surface area contributed by atoms with E-state index in [-0.39, 0.29) is 0 Å². The number of thiazole rings is 1. The second-order valence-corrected chi connectivity index (χ2v) is 6.67. The number of aromatic nitrogens is 2. The van der Waals surface area contributed by atoms with Crippen LogP contribution in [0.25, 0.3) is 11.3 Å². The van der Waals surface area contributed by atoms with Crippen molar-refractivity contribution in [2.45, 2.75) is 6.42 Å².